The van der Waals surface area contributed by atoms with Gasteiger partial charge >= 0.3 is 0 Å². The average molecular weight is 259 g/mol. The van der Waals surface area contributed by atoms with E-state index < -0.39 is 0 Å². The molecule has 0 aliphatic rings. The highest BCUT2D eigenvalue weighted by Crippen LogP contribution is 2.38. The molecule has 0 spiro atoms. The van der Waals surface area contributed by atoms with E-state index in [2.05, 4.69) is 4.98 Å². The Morgan fingerprint density at radius 3 is 2.11 bits per heavy atom. The molecule has 0 fully saturated rings. The molecule has 0 saturated carbocycles. The molecule has 0 unspecified atom stereocenters. The molecule has 0 aliphatic heterocycles. The van der Waals surface area contributed by atoms with Crippen LogP contribution in [-0.2, 0) is 6.42 Å². The van der Waals surface area contributed by atoms with Crippen molar-refractivity contribution in [1.29, 1.82) is 0 Å². The maximum absolute atomic E-state index is 5.33. The molecule has 0 saturated heterocycles. The molecule has 2 aromatic rings. The number of rotatable bonds is 5. The Bertz CT molecular complexity index is 515. The first-order chi connectivity index (χ1) is 9.28. The van der Waals surface area contributed by atoms with E-state index in [0.29, 0.717) is 17.2 Å². The van der Waals surface area contributed by atoms with Gasteiger partial charge in [0.15, 0.2) is 11.5 Å². The van der Waals surface area contributed by atoms with E-state index in [9.17, 15) is 0 Å². The summed E-state index contributed by atoms with van der Waals surface area (Å²) in [5.74, 6) is 1.93. The fourth-order valence-corrected chi connectivity index (χ4v) is 1.95. The van der Waals surface area contributed by atoms with Gasteiger partial charge in [0.2, 0.25) is 5.75 Å². The van der Waals surface area contributed by atoms with Crippen molar-refractivity contribution >= 4 is 0 Å². The number of methoxy groups -OCH3 is 3. The van der Waals surface area contributed by atoms with Gasteiger partial charge in [-0.1, -0.05) is 6.07 Å². The molecule has 0 amide bonds. The number of pyridine rings is 1. The zero-order chi connectivity index (χ0) is 13.7. The quantitative estimate of drug-likeness (QED) is 0.827. The molecule has 4 heteroatoms. The van der Waals surface area contributed by atoms with Gasteiger partial charge in [-0.05, 0) is 29.8 Å². The Morgan fingerprint density at radius 1 is 0.947 bits per heavy atom. The highest BCUT2D eigenvalue weighted by Gasteiger charge is 2.13. The van der Waals surface area contributed by atoms with Crippen LogP contribution in [0.4, 0.5) is 0 Å². The summed E-state index contributed by atoms with van der Waals surface area (Å²) in [6.45, 7) is 0. The minimum absolute atomic E-state index is 0.606. The molecule has 2 rings (SSSR count). The summed E-state index contributed by atoms with van der Waals surface area (Å²) in [6.07, 6.45) is 2.50. The molecule has 0 bridgehead atoms. The second kappa shape index (κ2) is 6.09. The molecule has 4 nitrogen and oxygen atoms in total. The number of hydrogen-bond donors (Lipinski definition) is 0. The smallest absolute Gasteiger partial charge is 0.203 e. The number of benzene rings is 1. The molecule has 1 aromatic heterocycles. The number of ether oxygens (including phenoxy) is 3. The lowest BCUT2D eigenvalue weighted by molar-refractivity contribution is 0.324. The van der Waals surface area contributed by atoms with Crippen molar-refractivity contribution in [3.05, 3.63) is 47.8 Å². The molecule has 19 heavy (non-hydrogen) atoms. The summed E-state index contributed by atoms with van der Waals surface area (Å²) < 4.78 is 16.0. The van der Waals surface area contributed by atoms with Gasteiger partial charge in [0.1, 0.15) is 0 Å². The number of hydrogen-bond acceptors (Lipinski definition) is 4. The van der Waals surface area contributed by atoms with Gasteiger partial charge in [-0.15, -0.1) is 0 Å². The summed E-state index contributed by atoms with van der Waals surface area (Å²) in [5, 5.41) is 0. The molecule has 1 heterocycles. The first-order valence-corrected chi connectivity index (χ1v) is 5.97. The van der Waals surface area contributed by atoms with Gasteiger partial charge in [-0.3, -0.25) is 4.98 Å². The van der Waals surface area contributed by atoms with Gasteiger partial charge in [0, 0.05) is 18.3 Å². The Kier molecular flexibility index (Phi) is 4.23. The van der Waals surface area contributed by atoms with Gasteiger partial charge < -0.3 is 14.2 Å². The summed E-state index contributed by atoms with van der Waals surface area (Å²) in [6, 6.07) is 9.74. The van der Waals surface area contributed by atoms with Crippen molar-refractivity contribution in [2.24, 2.45) is 0 Å². The molecule has 1 aromatic carbocycles. The van der Waals surface area contributed by atoms with Crippen LogP contribution in [0.5, 0.6) is 17.2 Å². The maximum Gasteiger partial charge on any atom is 0.203 e. The summed E-state index contributed by atoms with van der Waals surface area (Å²) in [5.41, 5.74) is 2.06. The summed E-state index contributed by atoms with van der Waals surface area (Å²) >= 11 is 0. The lowest BCUT2D eigenvalue weighted by Gasteiger charge is -2.14. The van der Waals surface area contributed by atoms with Crippen LogP contribution < -0.4 is 14.2 Å². The van der Waals surface area contributed by atoms with Gasteiger partial charge in [0.25, 0.3) is 0 Å². The van der Waals surface area contributed by atoms with Crippen LogP contribution in [0.3, 0.4) is 0 Å². The predicted octanol–water partition coefficient (Wildman–Crippen LogP) is 2.70. The van der Waals surface area contributed by atoms with Crippen molar-refractivity contribution in [1.82, 2.24) is 4.98 Å². The van der Waals surface area contributed by atoms with Crippen molar-refractivity contribution in [3.63, 3.8) is 0 Å². The Labute approximate surface area is 113 Å². The van der Waals surface area contributed by atoms with Crippen LogP contribution in [0.2, 0.25) is 0 Å². The van der Waals surface area contributed by atoms with Crippen LogP contribution >= 0.6 is 0 Å². The normalized spacial score (nSPS) is 10.1. The van der Waals surface area contributed by atoms with E-state index in [1.54, 1.807) is 27.5 Å². The molecular formula is C15H17NO3. The summed E-state index contributed by atoms with van der Waals surface area (Å²) in [4.78, 5) is 4.31. The molecule has 0 radical (unpaired) electrons. The van der Waals surface area contributed by atoms with E-state index in [0.717, 1.165) is 17.7 Å². The van der Waals surface area contributed by atoms with Crippen molar-refractivity contribution < 1.29 is 14.2 Å². The number of nitrogens with zero attached hydrogens (tertiary/aromatic N) is 1. The van der Waals surface area contributed by atoms with E-state index in [1.165, 1.54) is 0 Å². The molecule has 0 aliphatic carbocycles. The van der Waals surface area contributed by atoms with Crippen LogP contribution in [0.25, 0.3) is 0 Å². The second-order valence-corrected chi connectivity index (χ2v) is 4.03. The van der Waals surface area contributed by atoms with E-state index >= 15 is 0 Å². The monoisotopic (exact) mass is 259 g/mol. The summed E-state index contributed by atoms with van der Waals surface area (Å²) in [7, 11) is 4.82. The fourth-order valence-electron chi connectivity index (χ4n) is 1.95. The molecule has 0 N–H and O–H groups in total. The van der Waals surface area contributed by atoms with Gasteiger partial charge in [-0.25, -0.2) is 0 Å². The van der Waals surface area contributed by atoms with Crippen LogP contribution in [0.1, 0.15) is 11.3 Å². The number of aromatic nitrogens is 1. The van der Waals surface area contributed by atoms with Crippen LogP contribution in [-0.4, -0.2) is 26.3 Å². The SMILES string of the molecule is COc1cc(Cc2ccccn2)cc(OC)c1OC. The molecular weight excluding hydrogens is 242 g/mol. The fraction of sp³-hybridized carbons (Fsp3) is 0.267. The highest BCUT2D eigenvalue weighted by molar-refractivity contribution is 5.54. The maximum atomic E-state index is 5.33. The Hall–Kier alpha value is -2.23. The zero-order valence-corrected chi connectivity index (χ0v) is 11.3. The zero-order valence-electron chi connectivity index (χ0n) is 11.3. The standard InChI is InChI=1S/C15H17NO3/c1-17-13-9-11(8-12-6-4-5-7-16-12)10-14(18-2)15(13)19-3/h4-7,9-10H,8H2,1-3H3. The molecule has 100 valence electrons. The lowest BCUT2D eigenvalue weighted by atomic mass is 10.1. The van der Waals surface area contributed by atoms with Gasteiger partial charge in [0.05, 0.1) is 21.3 Å². The first-order valence-electron chi connectivity index (χ1n) is 5.97. The minimum atomic E-state index is 0.606. The highest BCUT2D eigenvalue weighted by atomic mass is 16.5. The lowest BCUT2D eigenvalue weighted by Crippen LogP contribution is -1.98. The first kappa shape index (κ1) is 13.2. The van der Waals surface area contributed by atoms with Crippen molar-refractivity contribution in [2.45, 2.75) is 6.42 Å². The van der Waals surface area contributed by atoms with E-state index in [-0.39, 0.29) is 0 Å². The minimum Gasteiger partial charge on any atom is -0.493 e. The van der Waals surface area contributed by atoms with Gasteiger partial charge in [-0.2, -0.15) is 0 Å². The Morgan fingerprint density at radius 2 is 1.63 bits per heavy atom. The largest absolute Gasteiger partial charge is 0.493 e. The second-order valence-electron chi connectivity index (χ2n) is 4.03. The van der Waals surface area contributed by atoms with Crippen molar-refractivity contribution in [2.75, 3.05) is 21.3 Å². The third-order valence-corrected chi connectivity index (χ3v) is 2.84. The third kappa shape index (κ3) is 2.96. The third-order valence-electron chi connectivity index (χ3n) is 2.84. The predicted molar refractivity (Wildman–Crippen MR) is 73.1 cm³/mol. The van der Waals surface area contributed by atoms with Crippen LogP contribution in [0, 0.1) is 0 Å². The average Bonchev–Trinajstić information content (AvgIpc) is 2.47. The van der Waals surface area contributed by atoms with Crippen molar-refractivity contribution in [3.8, 4) is 17.2 Å². The van der Waals surface area contributed by atoms with E-state index in [4.69, 9.17) is 14.2 Å². The van der Waals surface area contributed by atoms with Crippen LogP contribution in [0.15, 0.2) is 36.5 Å². The molecule has 0 atom stereocenters. The topological polar surface area (TPSA) is 40.6 Å². The van der Waals surface area contributed by atoms with E-state index in [1.807, 2.05) is 30.3 Å². The Balaban J connectivity index is 2.36.